The molecule has 0 aliphatic rings. The predicted octanol–water partition coefficient (Wildman–Crippen LogP) is 4.73. The highest BCUT2D eigenvalue weighted by atomic mass is 14.2. The lowest BCUT2D eigenvalue weighted by Gasteiger charge is -2.24. The van der Waals surface area contributed by atoms with Crippen LogP contribution >= 0.6 is 0 Å². The van der Waals surface area contributed by atoms with Gasteiger partial charge in [-0.15, -0.1) is 0 Å². The van der Waals surface area contributed by atoms with Crippen LogP contribution in [0.5, 0.6) is 0 Å². The number of hydrogen-bond donors (Lipinski definition) is 0. The van der Waals surface area contributed by atoms with Gasteiger partial charge in [-0.05, 0) is 30.8 Å². The molecule has 0 fully saturated rings. The maximum atomic E-state index is 2.30. The van der Waals surface area contributed by atoms with E-state index in [1.807, 2.05) is 0 Å². The minimum atomic E-state index is 0.332. The van der Waals surface area contributed by atoms with Gasteiger partial charge in [-0.3, -0.25) is 0 Å². The molecule has 0 aliphatic heterocycles. The van der Waals surface area contributed by atoms with Crippen LogP contribution in [0.3, 0.4) is 0 Å². The van der Waals surface area contributed by atoms with Gasteiger partial charge in [0.15, 0.2) is 0 Å². The van der Waals surface area contributed by atoms with Crippen LogP contribution in [0.2, 0.25) is 0 Å². The van der Waals surface area contributed by atoms with Crippen molar-refractivity contribution in [3.8, 4) is 0 Å². The van der Waals surface area contributed by atoms with Gasteiger partial charge < -0.3 is 0 Å². The quantitative estimate of drug-likeness (QED) is 0.537. The molecule has 0 aromatic heterocycles. The van der Waals surface area contributed by atoms with E-state index < -0.39 is 0 Å². The molecule has 0 saturated heterocycles. The largest absolute Gasteiger partial charge is 0.0843 e. The summed E-state index contributed by atoms with van der Waals surface area (Å²) < 4.78 is 0. The van der Waals surface area contributed by atoms with Gasteiger partial charge in [-0.2, -0.15) is 0 Å². The van der Waals surface area contributed by atoms with Crippen LogP contribution in [0.1, 0.15) is 53.9 Å². The molecule has 0 radical (unpaired) electrons. The van der Waals surface area contributed by atoms with Crippen molar-refractivity contribution in [1.29, 1.82) is 0 Å². The smallest absolute Gasteiger partial charge is 0.0110 e. The van der Waals surface area contributed by atoms with Crippen molar-refractivity contribution >= 4 is 0 Å². The van der Waals surface area contributed by atoms with E-state index in [0.717, 1.165) is 0 Å². The van der Waals surface area contributed by atoms with Crippen molar-refractivity contribution in [2.45, 2.75) is 53.9 Å². The summed E-state index contributed by atoms with van der Waals surface area (Å²) in [4.78, 5) is 0. The number of hydrogen-bond acceptors (Lipinski definition) is 0. The van der Waals surface area contributed by atoms with Gasteiger partial charge in [0, 0.05) is 0 Å². The molecule has 13 heavy (non-hydrogen) atoms. The molecular weight excluding hydrogens is 156 g/mol. The maximum Gasteiger partial charge on any atom is -0.0110 e. The van der Waals surface area contributed by atoms with Crippen molar-refractivity contribution in [1.82, 2.24) is 0 Å². The van der Waals surface area contributed by atoms with Gasteiger partial charge >= 0.3 is 0 Å². The van der Waals surface area contributed by atoms with Crippen LogP contribution in [-0.2, 0) is 0 Å². The Bertz CT molecular complexity index is 182. The Hall–Kier alpha value is -0.520. The standard InChI is InChI=1S/C13H24/c1-6-9-10-11-12(7-2)13(4,5)8-3/h7,10-11H,6,8-9H2,1-5H3. The molecule has 0 rings (SSSR count). The number of allylic oxidation sites excluding steroid dienone is 4. The fourth-order valence-electron chi connectivity index (χ4n) is 1.29. The van der Waals surface area contributed by atoms with Crippen molar-refractivity contribution in [3.63, 3.8) is 0 Å². The highest BCUT2D eigenvalue weighted by Crippen LogP contribution is 2.30. The average Bonchev–Trinajstić information content (AvgIpc) is 2.12. The summed E-state index contributed by atoms with van der Waals surface area (Å²) in [6.07, 6.45) is 10.4. The molecular formula is C13H24. The summed E-state index contributed by atoms with van der Waals surface area (Å²) >= 11 is 0. The van der Waals surface area contributed by atoms with Crippen molar-refractivity contribution in [2.75, 3.05) is 0 Å². The second-order valence-electron chi connectivity index (χ2n) is 4.17. The molecule has 0 N–H and O–H groups in total. The van der Waals surface area contributed by atoms with E-state index in [-0.39, 0.29) is 0 Å². The molecule has 0 atom stereocenters. The fourth-order valence-corrected chi connectivity index (χ4v) is 1.29. The Morgan fingerprint density at radius 3 is 2.23 bits per heavy atom. The lowest BCUT2D eigenvalue weighted by Crippen LogP contribution is -2.11. The first-order valence-electron chi connectivity index (χ1n) is 5.41. The molecule has 0 amide bonds. The fraction of sp³-hybridized carbons (Fsp3) is 0.692. The van der Waals surface area contributed by atoms with E-state index in [1.165, 1.54) is 24.8 Å². The summed E-state index contributed by atoms with van der Waals surface area (Å²) in [6, 6.07) is 0. The summed E-state index contributed by atoms with van der Waals surface area (Å²) in [5, 5.41) is 0. The molecule has 76 valence electrons. The molecule has 0 nitrogen and oxygen atoms in total. The van der Waals surface area contributed by atoms with Gasteiger partial charge in [-0.1, -0.05) is 52.3 Å². The zero-order valence-corrected chi connectivity index (χ0v) is 9.85. The molecule has 0 aromatic carbocycles. The summed E-state index contributed by atoms with van der Waals surface area (Å²) in [5.41, 5.74) is 1.79. The first-order valence-corrected chi connectivity index (χ1v) is 5.41. The second-order valence-corrected chi connectivity index (χ2v) is 4.17. The third-order valence-electron chi connectivity index (χ3n) is 2.73. The van der Waals surface area contributed by atoms with Crippen LogP contribution < -0.4 is 0 Å². The zero-order valence-electron chi connectivity index (χ0n) is 9.85. The van der Waals surface area contributed by atoms with E-state index >= 15 is 0 Å². The van der Waals surface area contributed by atoms with Crippen LogP contribution in [0.25, 0.3) is 0 Å². The highest BCUT2D eigenvalue weighted by Gasteiger charge is 2.17. The summed E-state index contributed by atoms with van der Waals surface area (Å²) in [6.45, 7) is 11.2. The molecule has 0 spiro atoms. The summed E-state index contributed by atoms with van der Waals surface area (Å²) in [7, 11) is 0. The molecule has 0 aliphatic carbocycles. The van der Waals surface area contributed by atoms with Crippen molar-refractivity contribution in [2.24, 2.45) is 5.41 Å². The second kappa shape index (κ2) is 6.01. The Morgan fingerprint density at radius 2 is 1.85 bits per heavy atom. The molecule has 0 heterocycles. The Balaban J connectivity index is 4.36. The minimum Gasteiger partial charge on any atom is -0.0843 e. The normalized spacial score (nSPS) is 14.1. The summed E-state index contributed by atoms with van der Waals surface area (Å²) in [5.74, 6) is 0. The van der Waals surface area contributed by atoms with Crippen LogP contribution in [0.4, 0.5) is 0 Å². The Morgan fingerprint density at radius 1 is 1.23 bits per heavy atom. The van der Waals surface area contributed by atoms with Crippen LogP contribution in [-0.4, -0.2) is 0 Å². The molecule has 0 aromatic rings. The van der Waals surface area contributed by atoms with Gasteiger partial charge in [0.1, 0.15) is 0 Å². The third kappa shape index (κ3) is 4.31. The van der Waals surface area contributed by atoms with Crippen molar-refractivity contribution in [3.05, 3.63) is 23.8 Å². The van der Waals surface area contributed by atoms with Crippen LogP contribution in [0, 0.1) is 5.41 Å². The molecule has 0 saturated carbocycles. The van der Waals surface area contributed by atoms with Crippen molar-refractivity contribution < 1.29 is 0 Å². The molecule has 0 unspecified atom stereocenters. The van der Waals surface area contributed by atoms with E-state index in [1.54, 1.807) is 0 Å². The average molecular weight is 180 g/mol. The lowest BCUT2D eigenvalue weighted by molar-refractivity contribution is 0.439. The van der Waals surface area contributed by atoms with E-state index in [4.69, 9.17) is 0 Å². The maximum absolute atomic E-state index is 2.30. The van der Waals surface area contributed by atoms with E-state index in [2.05, 4.69) is 52.8 Å². The SMILES string of the molecule is CC=C(C=CCCC)C(C)(C)CC. The predicted molar refractivity (Wildman–Crippen MR) is 61.9 cm³/mol. The molecule has 0 heteroatoms. The minimum absolute atomic E-state index is 0.332. The van der Waals surface area contributed by atoms with E-state index in [9.17, 15) is 0 Å². The van der Waals surface area contributed by atoms with Crippen LogP contribution in [0.15, 0.2) is 23.8 Å². The van der Waals surface area contributed by atoms with Gasteiger partial charge in [0.25, 0.3) is 0 Å². The first kappa shape index (κ1) is 12.5. The number of rotatable bonds is 5. The topological polar surface area (TPSA) is 0 Å². The van der Waals surface area contributed by atoms with Gasteiger partial charge in [0.2, 0.25) is 0 Å². The Kier molecular flexibility index (Phi) is 5.77. The molecule has 0 bridgehead atoms. The zero-order chi connectivity index (χ0) is 10.3. The Labute approximate surface area is 83.7 Å². The van der Waals surface area contributed by atoms with Gasteiger partial charge in [0.05, 0.1) is 0 Å². The third-order valence-corrected chi connectivity index (χ3v) is 2.73. The first-order chi connectivity index (χ1) is 6.08. The van der Waals surface area contributed by atoms with E-state index in [0.29, 0.717) is 5.41 Å². The highest BCUT2D eigenvalue weighted by molar-refractivity contribution is 5.24. The van der Waals surface area contributed by atoms with Gasteiger partial charge in [-0.25, -0.2) is 0 Å². The monoisotopic (exact) mass is 180 g/mol. The number of unbranched alkanes of at least 4 members (excludes halogenated alkanes) is 1. The lowest BCUT2D eigenvalue weighted by atomic mass is 9.81.